The molecule has 0 bridgehead atoms. The van der Waals surface area contributed by atoms with Gasteiger partial charge >= 0.3 is 0 Å². The largest absolute Gasteiger partial charge is 0.496 e. The fourth-order valence-electron chi connectivity index (χ4n) is 4.22. The molecule has 2 amide bonds. The molecule has 1 aromatic heterocycles. The van der Waals surface area contributed by atoms with E-state index in [1.54, 1.807) is 36.4 Å². The Morgan fingerprint density at radius 2 is 1.75 bits per heavy atom. The molecule has 2 heterocycles. The van der Waals surface area contributed by atoms with Crippen molar-refractivity contribution >= 4 is 17.6 Å². The molecule has 1 saturated heterocycles. The molecule has 0 saturated carbocycles. The van der Waals surface area contributed by atoms with Crippen LogP contribution in [0.5, 0.6) is 5.75 Å². The maximum Gasteiger partial charge on any atom is 0.252 e. The second kappa shape index (κ2) is 12.2. The highest BCUT2D eigenvalue weighted by atomic mass is 16.5. The predicted molar refractivity (Wildman–Crippen MR) is 138 cm³/mol. The van der Waals surface area contributed by atoms with Crippen molar-refractivity contribution in [2.75, 3.05) is 44.8 Å². The van der Waals surface area contributed by atoms with Crippen LogP contribution in [0.1, 0.15) is 21.5 Å². The predicted octanol–water partition coefficient (Wildman–Crippen LogP) is 3.06. The van der Waals surface area contributed by atoms with Crippen molar-refractivity contribution in [1.29, 1.82) is 0 Å². The zero-order valence-electron chi connectivity index (χ0n) is 20.7. The first-order chi connectivity index (χ1) is 17.5. The summed E-state index contributed by atoms with van der Waals surface area (Å²) in [6.45, 7) is 4.75. The molecule has 0 radical (unpaired) electrons. The summed E-state index contributed by atoms with van der Waals surface area (Å²) in [5.74, 6) is 1.13. The topological polar surface area (TPSA) is 84.0 Å². The molecule has 2 aromatic carbocycles. The van der Waals surface area contributed by atoms with Gasteiger partial charge in [0.2, 0.25) is 5.91 Å². The van der Waals surface area contributed by atoms with E-state index >= 15 is 0 Å². The van der Waals surface area contributed by atoms with E-state index in [1.807, 2.05) is 55.5 Å². The lowest BCUT2D eigenvalue weighted by Gasteiger charge is -2.37. The molecule has 8 nitrogen and oxygen atoms in total. The third-order valence-electron chi connectivity index (χ3n) is 6.22. The molecule has 1 N–H and O–H groups in total. The molecule has 1 atom stereocenters. The fourth-order valence-corrected chi connectivity index (χ4v) is 4.22. The number of pyridine rings is 1. The first-order valence-corrected chi connectivity index (χ1v) is 12.1. The fraction of sp³-hybridized carbons (Fsp3) is 0.321. The van der Waals surface area contributed by atoms with Gasteiger partial charge in [-0.25, -0.2) is 4.98 Å². The molecule has 1 fully saturated rings. The number of hydrogen-bond donors (Lipinski definition) is 1. The molecule has 36 heavy (non-hydrogen) atoms. The van der Waals surface area contributed by atoms with Crippen LogP contribution in [0.2, 0.25) is 0 Å². The number of hydrogen-bond acceptors (Lipinski definition) is 6. The summed E-state index contributed by atoms with van der Waals surface area (Å²) in [5, 5.41) is 2.90. The number of nitrogens with zero attached hydrogens (tertiary/aromatic N) is 3. The molecule has 1 aliphatic heterocycles. The van der Waals surface area contributed by atoms with Gasteiger partial charge in [0.15, 0.2) is 0 Å². The number of benzene rings is 2. The van der Waals surface area contributed by atoms with Gasteiger partial charge in [0.25, 0.3) is 5.91 Å². The standard InChI is InChI=1S/C28H32N4O4/c1-21-18-23(11-12-25(21)35-2)27(33)30-24(20-36-19-22-8-4-3-5-9-22)28(34)32-16-14-31(15-17-32)26-10-6-7-13-29-26/h3-13,18,24H,14-17,19-20H2,1-2H3,(H,30,33). The lowest BCUT2D eigenvalue weighted by molar-refractivity contribution is -0.135. The first kappa shape index (κ1) is 25.2. The molecule has 1 aliphatic rings. The second-order valence-electron chi connectivity index (χ2n) is 8.71. The zero-order valence-corrected chi connectivity index (χ0v) is 20.7. The zero-order chi connectivity index (χ0) is 25.3. The number of carbonyl (C=O) groups excluding carboxylic acids is 2. The van der Waals surface area contributed by atoms with E-state index in [1.165, 1.54) is 0 Å². The van der Waals surface area contributed by atoms with Crippen LogP contribution in [0.4, 0.5) is 5.82 Å². The number of piperazine rings is 1. The summed E-state index contributed by atoms with van der Waals surface area (Å²) in [7, 11) is 1.59. The summed E-state index contributed by atoms with van der Waals surface area (Å²) in [6.07, 6.45) is 1.77. The summed E-state index contributed by atoms with van der Waals surface area (Å²) in [6, 6.07) is 20.0. The van der Waals surface area contributed by atoms with Crippen molar-refractivity contribution < 1.29 is 19.1 Å². The van der Waals surface area contributed by atoms with Crippen molar-refractivity contribution in [2.45, 2.75) is 19.6 Å². The molecular weight excluding hydrogens is 456 g/mol. The highest BCUT2D eigenvalue weighted by molar-refractivity contribution is 5.98. The Labute approximate surface area is 211 Å². The Bertz CT molecular complexity index is 1150. The number of rotatable bonds is 9. The number of nitrogens with one attached hydrogen (secondary N) is 1. The van der Waals surface area contributed by atoms with Crippen molar-refractivity contribution in [3.8, 4) is 5.75 Å². The average Bonchev–Trinajstić information content (AvgIpc) is 2.93. The van der Waals surface area contributed by atoms with Crippen molar-refractivity contribution in [1.82, 2.24) is 15.2 Å². The third-order valence-corrected chi connectivity index (χ3v) is 6.22. The van der Waals surface area contributed by atoms with Gasteiger partial charge in [0.1, 0.15) is 17.6 Å². The van der Waals surface area contributed by atoms with Crippen molar-refractivity contribution in [2.24, 2.45) is 0 Å². The minimum absolute atomic E-state index is 0.0784. The van der Waals surface area contributed by atoms with Crippen molar-refractivity contribution in [3.05, 3.63) is 89.6 Å². The smallest absolute Gasteiger partial charge is 0.252 e. The molecule has 3 aromatic rings. The van der Waals surface area contributed by atoms with E-state index in [4.69, 9.17) is 9.47 Å². The molecule has 188 valence electrons. The van der Waals surface area contributed by atoms with Gasteiger partial charge in [-0.1, -0.05) is 36.4 Å². The van der Waals surface area contributed by atoms with Gasteiger partial charge in [-0.3, -0.25) is 9.59 Å². The van der Waals surface area contributed by atoms with Gasteiger partial charge in [0.05, 0.1) is 20.3 Å². The third kappa shape index (κ3) is 6.40. The summed E-state index contributed by atoms with van der Waals surface area (Å²) >= 11 is 0. The number of methoxy groups -OCH3 is 1. The summed E-state index contributed by atoms with van der Waals surface area (Å²) in [4.78, 5) is 34.9. The van der Waals surface area contributed by atoms with Crippen LogP contribution in [0, 0.1) is 6.92 Å². The number of carbonyl (C=O) groups is 2. The van der Waals surface area contributed by atoms with Gasteiger partial charge in [-0.05, 0) is 48.4 Å². The van der Waals surface area contributed by atoms with Crippen LogP contribution in [0.15, 0.2) is 72.9 Å². The maximum atomic E-state index is 13.5. The minimum atomic E-state index is -0.801. The Kier molecular flexibility index (Phi) is 8.52. The highest BCUT2D eigenvalue weighted by Crippen LogP contribution is 2.19. The molecule has 0 aliphatic carbocycles. The number of ether oxygens (including phenoxy) is 2. The van der Waals surface area contributed by atoms with Crippen LogP contribution in [0.3, 0.4) is 0 Å². The van der Waals surface area contributed by atoms with Gasteiger partial charge in [-0.15, -0.1) is 0 Å². The lowest BCUT2D eigenvalue weighted by atomic mass is 10.1. The molecule has 0 spiro atoms. The van der Waals surface area contributed by atoms with E-state index in [-0.39, 0.29) is 18.4 Å². The monoisotopic (exact) mass is 488 g/mol. The number of amides is 2. The number of aryl methyl sites for hydroxylation is 1. The van der Waals surface area contributed by atoms with Gasteiger partial charge in [-0.2, -0.15) is 0 Å². The van der Waals surface area contributed by atoms with E-state index in [0.29, 0.717) is 44.1 Å². The van der Waals surface area contributed by atoms with Crippen molar-refractivity contribution in [3.63, 3.8) is 0 Å². The van der Waals surface area contributed by atoms with Crippen LogP contribution >= 0.6 is 0 Å². The summed E-state index contributed by atoms with van der Waals surface area (Å²) in [5.41, 5.74) is 2.32. The summed E-state index contributed by atoms with van der Waals surface area (Å²) < 4.78 is 11.2. The van der Waals surface area contributed by atoms with E-state index in [9.17, 15) is 9.59 Å². The SMILES string of the molecule is COc1ccc(C(=O)NC(COCc2ccccc2)C(=O)N2CCN(c3ccccn3)CC2)cc1C. The average molecular weight is 489 g/mol. The highest BCUT2D eigenvalue weighted by Gasteiger charge is 2.29. The number of anilines is 1. The van der Waals surface area contributed by atoms with Gasteiger partial charge < -0.3 is 24.6 Å². The second-order valence-corrected chi connectivity index (χ2v) is 8.71. The van der Waals surface area contributed by atoms with Crippen LogP contribution in [-0.2, 0) is 16.1 Å². The first-order valence-electron chi connectivity index (χ1n) is 12.1. The minimum Gasteiger partial charge on any atom is -0.496 e. The molecule has 8 heteroatoms. The number of aromatic nitrogens is 1. The molecule has 1 unspecified atom stereocenters. The molecule has 4 rings (SSSR count). The molecular formula is C28H32N4O4. The Hall–Kier alpha value is -3.91. The van der Waals surface area contributed by atoms with E-state index in [2.05, 4.69) is 15.2 Å². The van der Waals surface area contributed by atoms with Crippen LogP contribution in [0.25, 0.3) is 0 Å². The maximum absolute atomic E-state index is 13.5. The van der Waals surface area contributed by atoms with Crippen LogP contribution in [-0.4, -0.2) is 67.6 Å². The Balaban J connectivity index is 1.42. The Morgan fingerprint density at radius 1 is 1.00 bits per heavy atom. The van der Waals surface area contributed by atoms with E-state index < -0.39 is 6.04 Å². The Morgan fingerprint density at radius 3 is 2.42 bits per heavy atom. The normalized spacial score (nSPS) is 14.3. The van der Waals surface area contributed by atoms with Crippen LogP contribution < -0.4 is 15.0 Å². The van der Waals surface area contributed by atoms with E-state index in [0.717, 1.165) is 16.9 Å². The quantitative estimate of drug-likeness (QED) is 0.499. The lowest BCUT2D eigenvalue weighted by Crippen LogP contribution is -2.56. The van der Waals surface area contributed by atoms with Gasteiger partial charge in [0, 0.05) is 37.9 Å².